The molecule has 1 saturated heterocycles. The van der Waals surface area contributed by atoms with Crippen molar-refractivity contribution in [3.05, 3.63) is 30.3 Å². The second-order valence-electron chi connectivity index (χ2n) is 5.76. The lowest BCUT2D eigenvalue weighted by atomic mass is 10.1. The van der Waals surface area contributed by atoms with Crippen LogP contribution in [0.2, 0.25) is 0 Å². The van der Waals surface area contributed by atoms with Gasteiger partial charge in [0.25, 0.3) is 0 Å². The van der Waals surface area contributed by atoms with Gasteiger partial charge in [-0.3, -0.25) is 4.90 Å². The molecule has 2 rings (SSSR count). The van der Waals surface area contributed by atoms with Gasteiger partial charge in [0.1, 0.15) is 5.75 Å². The van der Waals surface area contributed by atoms with Crippen LogP contribution in [0.5, 0.6) is 5.75 Å². The summed E-state index contributed by atoms with van der Waals surface area (Å²) in [7, 11) is 0. The topological polar surface area (TPSA) is 24.5 Å². The SMILES string of the molecule is CCCC1CNC(C)CN1CCCOc1ccccc1. The molecule has 1 aromatic carbocycles. The molecule has 1 fully saturated rings. The van der Waals surface area contributed by atoms with Crippen molar-refractivity contribution in [2.24, 2.45) is 0 Å². The molecule has 3 heteroatoms. The van der Waals surface area contributed by atoms with Crippen molar-refractivity contribution in [2.45, 2.75) is 45.2 Å². The van der Waals surface area contributed by atoms with Crippen molar-refractivity contribution >= 4 is 0 Å². The fourth-order valence-corrected chi connectivity index (χ4v) is 2.90. The molecule has 2 unspecified atom stereocenters. The number of hydrogen-bond donors (Lipinski definition) is 1. The standard InChI is InChI=1S/C17H28N2O/c1-3-8-16-13-18-15(2)14-19(16)11-7-12-20-17-9-5-4-6-10-17/h4-6,9-10,15-16,18H,3,7-8,11-14H2,1-2H3. The second-order valence-corrected chi connectivity index (χ2v) is 5.76. The molecule has 20 heavy (non-hydrogen) atoms. The highest BCUT2D eigenvalue weighted by Gasteiger charge is 2.24. The summed E-state index contributed by atoms with van der Waals surface area (Å²) < 4.78 is 5.78. The smallest absolute Gasteiger partial charge is 0.119 e. The summed E-state index contributed by atoms with van der Waals surface area (Å²) in [5.74, 6) is 0.978. The van der Waals surface area contributed by atoms with Gasteiger partial charge in [0.2, 0.25) is 0 Å². The molecule has 1 heterocycles. The third kappa shape index (κ3) is 4.80. The van der Waals surface area contributed by atoms with E-state index in [1.165, 1.54) is 12.8 Å². The Morgan fingerprint density at radius 1 is 1.30 bits per heavy atom. The lowest BCUT2D eigenvalue weighted by Crippen LogP contribution is -2.55. The van der Waals surface area contributed by atoms with Gasteiger partial charge in [-0.2, -0.15) is 0 Å². The Morgan fingerprint density at radius 2 is 2.10 bits per heavy atom. The maximum atomic E-state index is 5.78. The van der Waals surface area contributed by atoms with Crippen molar-refractivity contribution in [2.75, 3.05) is 26.2 Å². The summed E-state index contributed by atoms with van der Waals surface area (Å²) >= 11 is 0. The number of rotatable bonds is 7. The first-order chi connectivity index (χ1) is 9.79. The minimum absolute atomic E-state index is 0.609. The molecule has 1 aromatic rings. The zero-order chi connectivity index (χ0) is 14.2. The summed E-state index contributed by atoms with van der Waals surface area (Å²) in [4.78, 5) is 2.64. The number of benzene rings is 1. The Kier molecular flexibility index (Phi) is 6.34. The maximum absolute atomic E-state index is 5.78. The van der Waals surface area contributed by atoms with Gasteiger partial charge >= 0.3 is 0 Å². The zero-order valence-electron chi connectivity index (χ0n) is 12.8. The van der Waals surface area contributed by atoms with Gasteiger partial charge in [0, 0.05) is 31.7 Å². The van der Waals surface area contributed by atoms with Crippen molar-refractivity contribution < 1.29 is 4.74 Å². The quantitative estimate of drug-likeness (QED) is 0.775. The van der Waals surface area contributed by atoms with Gasteiger partial charge in [-0.15, -0.1) is 0 Å². The largest absolute Gasteiger partial charge is 0.494 e. The van der Waals surface area contributed by atoms with E-state index in [0.29, 0.717) is 12.1 Å². The van der Waals surface area contributed by atoms with E-state index in [1.807, 2.05) is 30.3 Å². The molecule has 1 aliphatic rings. The van der Waals surface area contributed by atoms with E-state index in [2.05, 4.69) is 24.1 Å². The van der Waals surface area contributed by atoms with Gasteiger partial charge in [-0.05, 0) is 31.9 Å². The Labute approximate surface area is 123 Å². The Balaban J connectivity index is 1.70. The van der Waals surface area contributed by atoms with E-state index in [4.69, 9.17) is 4.74 Å². The van der Waals surface area contributed by atoms with Crippen LogP contribution in [0, 0.1) is 0 Å². The Morgan fingerprint density at radius 3 is 2.85 bits per heavy atom. The molecule has 0 aromatic heterocycles. The van der Waals surface area contributed by atoms with Gasteiger partial charge in [-0.25, -0.2) is 0 Å². The molecule has 1 aliphatic heterocycles. The number of nitrogens with one attached hydrogen (secondary N) is 1. The number of hydrogen-bond acceptors (Lipinski definition) is 3. The van der Waals surface area contributed by atoms with Crippen LogP contribution in [0.3, 0.4) is 0 Å². The highest BCUT2D eigenvalue weighted by Crippen LogP contribution is 2.13. The minimum atomic E-state index is 0.609. The zero-order valence-corrected chi connectivity index (χ0v) is 12.8. The van der Waals surface area contributed by atoms with E-state index >= 15 is 0 Å². The molecule has 1 N–H and O–H groups in total. The number of ether oxygens (including phenoxy) is 1. The second kappa shape index (κ2) is 8.28. The van der Waals surface area contributed by atoms with Gasteiger partial charge in [-0.1, -0.05) is 31.5 Å². The van der Waals surface area contributed by atoms with Crippen LogP contribution in [0.4, 0.5) is 0 Å². The number of para-hydroxylation sites is 1. The van der Waals surface area contributed by atoms with Crippen LogP contribution in [-0.4, -0.2) is 43.2 Å². The highest BCUT2D eigenvalue weighted by atomic mass is 16.5. The predicted octanol–water partition coefficient (Wildman–Crippen LogP) is 2.92. The van der Waals surface area contributed by atoms with Crippen molar-refractivity contribution in [1.82, 2.24) is 10.2 Å². The van der Waals surface area contributed by atoms with Crippen LogP contribution in [0.25, 0.3) is 0 Å². The average molecular weight is 276 g/mol. The Bertz CT molecular complexity index is 369. The maximum Gasteiger partial charge on any atom is 0.119 e. The average Bonchev–Trinajstić information content (AvgIpc) is 2.47. The van der Waals surface area contributed by atoms with Crippen LogP contribution < -0.4 is 10.1 Å². The third-order valence-corrected chi connectivity index (χ3v) is 3.95. The molecule has 0 radical (unpaired) electrons. The summed E-state index contributed by atoms with van der Waals surface area (Å²) in [6.07, 6.45) is 3.65. The molecule has 0 saturated carbocycles. The van der Waals surface area contributed by atoms with Gasteiger partial charge in [0.15, 0.2) is 0 Å². The summed E-state index contributed by atoms with van der Waals surface area (Å²) in [5.41, 5.74) is 0. The molecule has 0 amide bonds. The fourth-order valence-electron chi connectivity index (χ4n) is 2.90. The van der Waals surface area contributed by atoms with Gasteiger partial charge in [0.05, 0.1) is 6.61 Å². The molecule has 2 atom stereocenters. The molecule has 0 bridgehead atoms. The normalized spacial score (nSPS) is 23.7. The third-order valence-electron chi connectivity index (χ3n) is 3.95. The fraction of sp³-hybridized carbons (Fsp3) is 0.647. The monoisotopic (exact) mass is 276 g/mol. The minimum Gasteiger partial charge on any atom is -0.494 e. The predicted molar refractivity (Wildman–Crippen MR) is 84.3 cm³/mol. The van der Waals surface area contributed by atoms with Crippen molar-refractivity contribution in [3.63, 3.8) is 0 Å². The van der Waals surface area contributed by atoms with Crippen LogP contribution in [-0.2, 0) is 0 Å². The molecular weight excluding hydrogens is 248 g/mol. The highest BCUT2D eigenvalue weighted by molar-refractivity contribution is 5.20. The van der Waals surface area contributed by atoms with Crippen LogP contribution in [0.1, 0.15) is 33.1 Å². The van der Waals surface area contributed by atoms with E-state index in [0.717, 1.165) is 38.4 Å². The Hall–Kier alpha value is -1.06. The number of nitrogens with zero attached hydrogens (tertiary/aromatic N) is 1. The first-order valence-electron chi connectivity index (χ1n) is 7.95. The number of piperazine rings is 1. The van der Waals surface area contributed by atoms with E-state index < -0.39 is 0 Å². The van der Waals surface area contributed by atoms with Gasteiger partial charge < -0.3 is 10.1 Å². The van der Waals surface area contributed by atoms with Crippen LogP contribution >= 0.6 is 0 Å². The summed E-state index contributed by atoms with van der Waals surface area (Å²) in [5, 5.41) is 3.59. The molecular formula is C17H28N2O. The summed E-state index contributed by atoms with van der Waals surface area (Å²) in [6.45, 7) is 8.79. The summed E-state index contributed by atoms with van der Waals surface area (Å²) in [6, 6.07) is 11.4. The molecule has 3 nitrogen and oxygen atoms in total. The van der Waals surface area contributed by atoms with E-state index in [9.17, 15) is 0 Å². The van der Waals surface area contributed by atoms with E-state index in [1.54, 1.807) is 0 Å². The van der Waals surface area contributed by atoms with Crippen molar-refractivity contribution in [3.8, 4) is 5.75 Å². The van der Waals surface area contributed by atoms with E-state index in [-0.39, 0.29) is 0 Å². The lowest BCUT2D eigenvalue weighted by Gasteiger charge is -2.39. The first kappa shape index (κ1) is 15.3. The molecule has 112 valence electrons. The first-order valence-corrected chi connectivity index (χ1v) is 7.95. The lowest BCUT2D eigenvalue weighted by molar-refractivity contribution is 0.119. The molecule has 0 aliphatic carbocycles. The van der Waals surface area contributed by atoms with Crippen LogP contribution in [0.15, 0.2) is 30.3 Å². The van der Waals surface area contributed by atoms with Crippen molar-refractivity contribution in [1.29, 1.82) is 0 Å². The molecule has 0 spiro atoms.